The van der Waals surface area contributed by atoms with Crippen LogP contribution in [0.3, 0.4) is 0 Å². The Morgan fingerprint density at radius 2 is 2.22 bits per heavy atom. The molecule has 0 spiro atoms. The Kier molecular flexibility index (Phi) is 8.70. The number of aryl methyl sites for hydroxylation is 1. The molecule has 0 aliphatic carbocycles. The number of pyridine rings is 2. The fourth-order valence-electron chi connectivity index (χ4n) is 4.55. The molecule has 2 atom stereocenters. The number of carbonyl (C=O) groups excluding carboxylic acids is 2. The molecule has 2 aromatic rings. The number of nitrogens with one attached hydrogen (secondary N) is 2. The van der Waals surface area contributed by atoms with E-state index in [4.69, 9.17) is 9.47 Å². The maximum absolute atomic E-state index is 12.7. The van der Waals surface area contributed by atoms with Crippen molar-refractivity contribution in [3.05, 3.63) is 48.2 Å². The second-order valence-corrected chi connectivity index (χ2v) is 9.22. The molecule has 3 N–H and O–H groups in total. The molecule has 2 aliphatic rings. The van der Waals surface area contributed by atoms with Crippen LogP contribution in [0.15, 0.2) is 36.9 Å². The van der Waals surface area contributed by atoms with Gasteiger partial charge in [-0.15, -0.1) is 0 Å². The van der Waals surface area contributed by atoms with Crippen LogP contribution in [-0.2, 0) is 16.1 Å². The number of aliphatic hydroxyl groups is 1. The number of hydrogen-bond acceptors (Lipinski definition) is 9. The third-order valence-corrected chi connectivity index (χ3v) is 6.61. The van der Waals surface area contributed by atoms with E-state index in [2.05, 4.69) is 32.1 Å². The van der Waals surface area contributed by atoms with Crippen molar-refractivity contribution in [2.45, 2.75) is 26.0 Å². The summed E-state index contributed by atoms with van der Waals surface area (Å²) >= 11 is 0. The SMILES string of the molecule is C=CC(=O)N(CCN1CC[C@@H](O)[C@@H](CNCc2ccc3c(n2)NC(=O)CO3)C1)c1nc(OC)ccc1C. The number of rotatable bonds is 10. The number of amides is 2. The maximum atomic E-state index is 12.7. The van der Waals surface area contributed by atoms with Gasteiger partial charge >= 0.3 is 0 Å². The highest BCUT2D eigenvalue weighted by atomic mass is 16.5. The summed E-state index contributed by atoms with van der Waals surface area (Å²) in [5, 5.41) is 16.7. The van der Waals surface area contributed by atoms with E-state index in [1.54, 1.807) is 24.1 Å². The molecule has 37 heavy (non-hydrogen) atoms. The molecular formula is C26H34N6O5. The molecule has 0 unspecified atom stereocenters. The highest BCUT2D eigenvalue weighted by Gasteiger charge is 2.28. The average Bonchev–Trinajstić information content (AvgIpc) is 2.90. The van der Waals surface area contributed by atoms with Crippen LogP contribution in [-0.4, -0.2) is 84.3 Å². The quantitative estimate of drug-likeness (QED) is 0.403. The van der Waals surface area contributed by atoms with Crippen LogP contribution in [0.2, 0.25) is 0 Å². The van der Waals surface area contributed by atoms with Gasteiger partial charge in [0.25, 0.3) is 11.8 Å². The van der Waals surface area contributed by atoms with Crippen LogP contribution >= 0.6 is 0 Å². The summed E-state index contributed by atoms with van der Waals surface area (Å²) in [5.74, 6) is 1.56. The lowest BCUT2D eigenvalue weighted by Gasteiger charge is -2.37. The Balaban J connectivity index is 1.32. The normalized spacial score (nSPS) is 19.4. The molecule has 0 bridgehead atoms. The molecule has 2 aromatic heterocycles. The Morgan fingerprint density at radius 3 is 3.00 bits per heavy atom. The van der Waals surface area contributed by atoms with Gasteiger partial charge in [0.05, 0.1) is 18.9 Å². The van der Waals surface area contributed by atoms with Gasteiger partial charge in [0.2, 0.25) is 5.88 Å². The molecule has 0 radical (unpaired) electrons. The lowest BCUT2D eigenvalue weighted by Crippen LogP contribution is -2.49. The van der Waals surface area contributed by atoms with Crippen molar-refractivity contribution in [1.82, 2.24) is 20.2 Å². The molecular weight excluding hydrogens is 476 g/mol. The van der Waals surface area contributed by atoms with Crippen LogP contribution in [0, 0.1) is 12.8 Å². The number of hydrogen-bond donors (Lipinski definition) is 3. The first-order valence-electron chi connectivity index (χ1n) is 12.4. The van der Waals surface area contributed by atoms with Crippen LogP contribution in [0.5, 0.6) is 11.6 Å². The van der Waals surface area contributed by atoms with Gasteiger partial charge in [-0.1, -0.05) is 12.6 Å². The van der Waals surface area contributed by atoms with Crippen molar-refractivity contribution in [2.24, 2.45) is 5.92 Å². The van der Waals surface area contributed by atoms with Crippen molar-refractivity contribution in [1.29, 1.82) is 0 Å². The number of anilines is 2. The molecule has 4 rings (SSSR count). The van der Waals surface area contributed by atoms with Crippen LogP contribution < -0.4 is 25.0 Å². The molecule has 0 saturated carbocycles. The molecule has 1 saturated heterocycles. The molecule has 11 nitrogen and oxygen atoms in total. The standard InChI is InChI=1S/C26H34N6O5/c1-4-24(35)32(26-17(2)5-8-23(30-26)36-3)12-11-31-10-9-20(33)18(15-31)13-27-14-19-6-7-21-25(28-19)29-22(34)16-37-21/h4-8,18,20,27,33H,1,9-16H2,2-3H3,(H,28,29,34)/t18-,20+/m0/s1. The second-order valence-electron chi connectivity index (χ2n) is 9.22. The summed E-state index contributed by atoms with van der Waals surface area (Å²) in [4.78, 5) is 37.0. The van der Waals surface area contributed by atoms with E-state index in [9.17, 15) is 14.7 Å². The Bertz CT molecular complexity index is 1140. The minimum atomic E-state index is -0.416. The van der Waals surface area contributed by atoms with Crippen LogP contribution in [0.4, 0.5) is 11.6 Å². The third kappa shape index (κ3) is 6.62. The van der Waals surface area contributed by atoms with Crippen LogP contribution in [0.25, 0.3) is 0 Å². The van der Waals surface area contributed by atoms with Gasteiger partial charge in [-0.3, -0.25) is 14.5 Å². The zero-order valence-electron chi connectivity index (χ0n) is 21.3. The number of piperidine rings is 1. The van der Waals surface area contributed by atoms with Crippen molar-refractivity contribution < 1.29 is 24.2 Å². The minimum absolute atomic E-state index is 0.00247. The first-order chi connectivity index (χ1) is 17.9. The van der Waals surface area contributed by atoms with Gasteiger partial charge in [0, 0.05) is 51.3 Å². The third-order valence-electron chi connectivity index (χ3n) is 6.61. The number of fused-ring (bicyclic) bond motifs is 1. The Morgan fingerprint density at radius 1 is 1.38 bits per heavy atom. The van der Waals surface area contributed by atoms with Crippen molar-refractivity contribution >= 4 is 23.5 Å². The van der Waals surface area contributed by atoms with E-state index in [-0.39, 0.29) is 24.3 Å². The van der Waals surface area contributed by atoms with Crippen molar-refractivity contribution in [3.8, 4) is 11.6 Å². The molecule has 2 aliphatic heterocycles. The monoisotopic (exact) mass is 510 g/mol. The first kappa shape index (κ1) is 26.5. The smallest absolute Gasteiger partial charge is 0.263 e. The van der Waals surface area contributed by atoms with Gasteiger partial charge in [0.1, 0.15) is 5.82 Å². The predicted molar refractivity (Wildman–Crippen MR) is 139 cm³/mol. The Labute approximate surface area is 216 Å². The van der Waals surface area contributed by atoms with E-state index in [1.165, 1.54) is 6.08 Å². The summed E-state index contributed by atoms with van der Waals surface area (Å²) in [5.41, 5.74) is 1.64. The van der Waals surface area contributed by atoms with E-state index in [0.29, 0.717) is 62.4 Å². The largest absolute Gasteiger partial charge is 0.481 e. The zero-order valence-corrected chi connectivity index (χ0v) is 21.3. The first-order valence-corrected chi connectivity index (χ1v) is 12.4. The van der Waals surface area contributed by atoms with Gasteiger partial charge in [-0.2, -0.15) is 4.98 Å². The summed E-state index contributed by atoms with van der Waals surface area (Å²) in [7, 11) is 1.54. The number of ether oxygens (including phenoxy) is 2. The number of nitrogens with zero attached hydrogens (tertiary/aromatic N) is 4. The van der Waals surface area contributed by atoms with Gasteiger partial charge in [-0.05, 0) is 37.1 Å². The van der Waals surface area contributed by atoms with E-state index < -0.39 is 6.10 Å². The Hall–Kier alpha value is -3.54. The van der Waals surface area contributed by atoms with Crippen molar-refractivity contribution in [2.75, 3.05) is 56.7 Å². The fraction of sp³-hybridized carbons (Fsp3) is 0.462. The molecule has 4 heterocycles. The van der Waals surface area contributed by atoms with E-state index >= 15 is 0 Å². The van der Waals surface area contributed by atoms with Crippen LogP contribution in [0.1, 0.15) is 17.7 Å². The average molecular weight is 511 g/mol. The lowest BCUT2D eigenvalue weighted by atomic mass is 9.94. The number of aromatic nitrogens is 2. The van der Waals surface area contributed by atoms with Crippen molar-refractivity contribution in [3.63, 3.8) is 0 Å². The molecule has 1 fully saturated rings. The zero-order chi connectivity index (χ0) is 26.4. The summed E-state index contributed by atoms with van der Waals surface area (Å²) in [6, 6.07) is 7.29. The maximum Gasteiger partial charge on any atom is 0.263 e. The summed E-state index contributed by atoms with van der Waals surface area (Å²) in [6.45, 7) is 9.15. The molecule has 198 valence electrons. The molecule has 11 heteroatoms. The lowest BCUT2D eigenvalue weighted by molar-refractivity contribution is -0.118. The number of likely N-dealkylation sites (tertiary alicyclic amines) is 1. The fourth-order valence-corrected chi connectivity index (χ4v) is 4.55. The number of carbonyl (C=O) groups is 2. The second kappa shape index (κ2) is 12.1. The molecule has 0 aromatic carbocycles. The summed E-state index contributed by atoms with van der Waals surface area (Å²) < 4.78 is 10.6. The van der Waals surface area contributed by atoms with Gasteiger partial charge < -0.3 is 30.1 Å². The van der Waals surface area contributed by atoms with E-state index in [0.717, 1.165) is 17.8 Å². The highest BCUT2D eigenvalue weighted by Crippen LogP contribution is 2.25. The topological polar surface area (TPSA) is 129 Å². The molecule has 2 amide bonds. The van der Waals surface area contributed by atoms with E-state index in [1.807, 2.05) is 19.1 Å². The van der Waals surface area contributed by atoms with Gasteiger partial charge in [-0.25, -0.2) is 4.98 Å². The predicted octanol–water partition coefficient (Wildman–Crippen LogP) is 1.12. The number of aliphatic hydroxyl groups excluding tert-OH is 1. The minimum Gasteiger partial charge on any atom is -0.481 e. The van der Waals surface area contributed by atoms with Gasteiger partial charge in [0.15, 0.2) is 18.2 Å². The highest BCUT2D eigenvalue weighted by molar-refractivity contribution is 6.00. The number of methoxy groups -OCH3 is 1. The summed E-state index contributed by atoms with van der Waals surface area (Å²) in [6.07, 6.45) is 1.53.